The molecule has 11 heteroatoms. The zero-order valence-electron chi connectivity index (χ0n) is 17.1. The number of amides is 2. The summed E-state index contributed by atoms with van der Waals surface area (Å²) in [5.41, 5.74) is 9.98. The number of nitrogens with one attached hydrogen (secondary N) is 2. The van der Waals surface area contributed by atoms with Crippen LogP contribution in [0, 0.1) is 18.8 Å². The number of aryl methyl sites for hydroxylation is 1. The van der Waals surface area contributed by atoms with Crippen molar-refractivity contribution < 1.29 is 37.5 Å². The van der Waals surface area contributed by atoms with Gasteiger partial charge in [-0.05, 0) is 19.4 Å². The van der Waals surface area contributed by atoms with Crippen molar-refractivity contribution in [3.63, 3.8) is 0 Å². The molecule has 0 spiro atoms. The Morgan fingerprint density at radius 1 is 1.23 bits per heavy atom. The standard InChI is InChI=1S/C20H22F2N4O5/c1-9-4-6-12(7-5-9)8-31-20(30)15(26-23)16(27)10(2)14-13(18(28)25-14)11(3)24-19(29)17(21)22/h4-7,10-11,13-14,17H,8H2,1-3H3,(H,24,29)(H,25,28)/t10-,11-,13-,14-/m1/s1. The fourth-order valence-electron chi connectivity index (χ4n) is 3.24. The maximum Gasteiger partial charge on any atom is 0.441 e. The van der Waals surface area contributed by atoms with Gasteiger partial charge in [0.2, 0.25) is 5.91 Å². The van der Waals surface area contributed by atoms with E-state index in [1.54, 1.807) is 12.1 Å². The molecule has 2 rings (SSSR count). The molecular formula is C20H22F2N4O5. The molecule has 166 valence electrons. The van der Waals surface area contributed by atoms with Gasteiger partial charge in [0.1, 0.15) is 6.61 Å². The minimum Gasteiger partial charge on any atom is -0.452 e. The van der Waals surface area contributed by atoms with Crippen LogP contribution in [0.15, 0.2) is 24.3 Å². The number of β-lactam (4-membered cyclic amide) rings is 1. The van der Waals surface area contributed by atoms with E-state index < -0.39 is 59.6 Å². The zero-order chi connectivity index (χ0) is 23.3. The van der Waals surface area contributed by atoms with E-state index in [2.05, 4.69) is 10.1 Å². The molecule has 0 radical (unpaired) electrons. The number of ketones is 1. The molecule has 0 bridgehead atoms. The maximum absolute atomic E-state index is 12.7. The molecule has 0 aliphatic carbocycles. The van der Waals surface area contributed by atoms with Gasteiger partial charge in [-0.1, -0.05) is 36.8 Å². The average Bonchev–Trinajstić information content (AvgIpc) is 2.71. The molecule has 1 aliphatic rings. The summed E-state index contributed by atoms with van der Waals surface area (Å²) in [5, 5.41) is 4.46. The van der Waals surface area contributed by atoms with Crippen LogP contribution in [0.3, 0.4) is 0 Å². The van der Waals surface area contributed by atoms with E-state index in [9.17, 15) is 28.0 Å². The first-order valence-electron chi connectivity index (χ1n) is 9.44. The molecule has 9 nitrogen and oxygen atoms in total. The highest BCUT2D eigenvalue weighted by Crippen LogP contribution is 2.26. The Kier molecular flexibility index (Phi) is 7.71. The van der Waals surface area contributed by atoms with Crippen LogP contribution in [0.2, 0.25) is 0 Å². The van der Waals surface area contributed by atoms with E-state index in [1.165, 1.54) is 13.8 Å². The first kappa shape index (κ1) is 23.8. The monoisotopic (exact) mass is 436 g/mol. The molecular weight excluding hydrogens is 414 g/mol. The second kappa shape index (κ2) is 10.0. The Morgan fingerprint density at radius 2 is 1.84 bits per heavy atom. The maximum atomic E-state index is 12.7. The molecule has 2 N–H and O–H groups in total. The molecule has 1 fully saturated rings. The van der Waals surface area contributed by atoms with Crippen molar-refractivity contribution in [3.8, 4) is 0 Å². The normalized spacial score (nSPS) is 19.4. The summed E-state index contributed by atoms with van der Waals surface area (Å²) < 4.78 is 29.9. The molecule has 1 aromatic rings. The van der Waals surface area contributed by atoms with Crippen molar-refractivity contribution in [1.29, 1.82) is 0 Å². The summed E-state index contributed by atoms with van der Waals surface area (Å²) in [6, 6.07) is 5.22. The van der Waals surface area contributed by atoms with E-state index in [4.69, 9.17) is 10.3 Å². The first-order chi connectivity index (χ1) is 14.6. The van der Waals surface area contributed by atoms with Crippen LogP contribution in [-0.4, -0.2) is 52.6 Å². The number of benzene rings is 1. The van der Waals surface area contributed by atoms with E-state index in [1.807, 2.05) is 24.4 Å². The van der Waals surface area contributed by atoms with Gasteiger partial charge in [0.05, 0.1) is 12.0 Å². The number of halogens is 2. The lowest BCUT2D eigenvalue weighted by Crippen LogP contribution is -2.68. The highest BCUT2D eigenvalue weighted by atomic mass is 19.3. The van der Waals surface area contributed by atoms with Crippen molar-refractivity contribution in [2.45, 2.75) is 45.9 Å². The molecule has 31 heavy (non-hydrogen) atoms. The van der Waals surface area contributed by atoms with E-state index in [0.717, 1.165) is 5.56 Å². The number of nitrogens with zero attached hydrogens (tertiary/aromatic N) is 2. The van der Waals surface area contributed by atoms with Crippen molar-refractivity contribution >= 4 is 29.3 Å². The van der Waals surface area contributed by atoms with E-state index in [0.29, 0.717) is 5.56 Å². The largest absolute Gasteiger partial charge is 0.452 e. The third kappa shape index (κ3) is 5.58. The zero-order valence-corrected chi connectivity index (χ0v) is 17.1. The Balaban J connectivity index is 2.02. The van der Waals surface area contributed by atoms with Gasteiger partial charge in [-0.25, -0.2) is 4.79 Å². The summed E-state index contributed by atoms with van der Waals surface area (Å²) in [4.78, 5) is 50.7. The molecule has 1 saturated heterocycles. The number of hydrogen-bond donors (Lipinski definition) is 2. The molecule has 1 aliphatic heterocycles. The Bertz CT molecular complexity index is 928. The average molecular weight is 436 g/mol. The number of rotatable bonds is 9. The smallest absolute Gasteiger partial charge is 0.441 e. The van der Waals surface area contributed by atoms with Crippen molar-refractivity contribution in [2.24, 2.45) is 11.8 Å². The molecule has 1 aromatic carbocycles. The van der Waals surface area contributed by atoms with Gasteiger partial charge in [-0.2, -0.15) is 13.6 Å². The third-order valence-corrected chi connectivity index (χ3v) is 5.07. The minimum atomic E-state index is -3.25. The number of hydrogen-bond acceptors (Lipinski definition) is 5. The lowest BCUT2D eigenvalue weighted by molar-refractivity contribution is -0.145. The van der Waals surface area contributed by atoms with Crippen LogP contribution in [0.1, 0.15) is 25.0 Å². The third-order valence-electron chi connectivity index (χ3n) is 5.07. The molecule has 1 heterocycles. The second-order valence-electron chi connectivity index (χ2n) is 7.32. The predicted molar refractivity (Wildman–Crippen MR) is 103 cm³/mol. The number of esters is 1. The van der Waals surface area contributed by atoms with Gasteiger partial charge in [0, 0.05) is 12.0 Å². The van der Waals surface area contributed by atoms with Gasteiger partial charge < -0.3 is 20.9 Å². The molecule has 0 unspecified atom stereocenters. The Morgan fingerprint density at radius 3 is 2.35 bits per heavy atom. The van der Waals surface area contributed by atoms with Gasteiger partial charge in [0.15, 0.2) is 0 Å². The number of alkyl halides is 2. The summed E-state index contributed by atoms with van der Waals surface area (Å²) in [5.74, 6) is -6.17. The summed E-state index contributed by atoms with van der Waals surface area (Å²) in [6.07, 6.45) is -3.25. The van der Waals surface area contributed by atoms with Crippen molar-refractivity contribution in [2.75, 3.05) is 0 Å². The molecule has 0 aromatic heterocycles. The molecule has 2 amide bonds. The summed E-state index contributed by atoms with van der Waals surface area (Å²) in [6.45, 7) is 4.46. The minimum absolute atomic E-state index is 0.153. The molecule has 4 atom stereocenters. The predicted octanol–water partition coefficient (Wildman–Crippen LogP) is 0.799. The van der Waals surface area contributed by atoms with Crippen LogP contribution in [0.25, 0.3) is 5.53 Å². The number of ether oxygens (including phenoxy) is 1. The van der Waals surface area contributed by atoms with Crippen LogP contribution in [0.5, 0.6) is 0 Å². The van der Waals surface area contributed by atoms with Crippen LogP contribution < -0.4 is 10.6 Å². The van der Waals surface area contributed by atoms with Crippen molar-refractivity contribution in [1.82, 2.24) is 10.6 Å². The highest BCUT2D eigenvalue weighted by molar-refractivity contribution is 6.62. The molecule has 0 saturated carbocycles. The SMILES string of the molecule is Cc1ccc(COC(=O)C(=[N+]=[N-])C(=O)[C@H](C)[C@H]2NC(=O)[C@@H]2[C@@H](C)NC(=O)C(F)F)cc1. The van der Waals surface area contributed by atoms with Gasteiger partial charge in [-0.3, -0.25) is 14.4 Å². The fraction of sp³-hybridized carbons (Fsp3) is 0.450. The number of carbonyl (C=O) groups excluding carboxylic acids is 4. The quantitative estimate of drug-likeness (QED) is 0.147. The fourth-order valence-corrected chi connectivity index (χ4v) is 3.24. The highest BCUT2D eigenvalue weighted by Gasteiger charge is 2.51. The Hall–Kier alpha value is -3.46. The van der Waals surface area contributed by atoms with Crippen LogP contribution in [0.4, 0.5) is 8.78 Å². The topological polar surface area (TPSA) is 138 Å². The van der Waals surface area contributed by atoms with Crippen LogP contribution >= 0.6 is 0 Å². The second-order valence-corrected chi connectivity index (χ2v) is 7.32. The lowest BCUT2D eigenvalue weighted by Gasteiger charge is -2.42. The first-order valence-corrected chi connectivity index (χ1v) is 9.44. The Labute approximate surface area is 176 Å². The number of carbonyl (C=O) groups is 4. The van der Waals surface area contributed by atoms with Gasteiger partial charge >= 0.3 is 18.1 Å². The van der Waals surface area contributed by atoms with Crippen molar-refractivity contribution in [3.05, 3.63) is 40.9 Å². The van der Waals surface area contributed by atoms with Gasteiger partial charge in [0.25, 0.3) is 11.7 Å². The summed E-state index contributed by atoms with van der Waals surface area (Å²) >= 11 is 0. The van der Waals surface area contributed by atoms with E-state index in [-0.39, 0.29) is 6.61 Å². The lowest BCUT2D eigenvalue weighted by atomic mass is 9.75. The van der Waals surface area contributed by atoms with E-state index >= 15 is 0 Å². The van der Waals surface area contributed by atoms with Crippen LogP contribution in [-0.2, 0) is 30.5 Å². The van der Waals surface area contributed by atoms with Gasteiger partial charge in [-0.15, -0.1) is 0 Å². The number of Topliss-reactive ketones (excluding diaryl/α,β-unsaturated/α-hetero) is 1. The summed E-state index contributed by atoms with van der Waals surface area (Å²) in [7, 11) is 0.